The highest BCUT2D eigenvalue weighted by Crippen LogP contribution is 2.31. The van der Waals surface area contributed by atoms with Crippen molar-refractivity contribution < 1.29 is 5.11 Å². The summed E-state index contributed by atoms with van der Waals surface area (Å²) in [5, 5.41) is 10.3. The summed E-state index contributed by atoms with van der Waals surface area (Å²) in [5.41, 5.74) is 0. The highest BCUT2D eigenvalue weighted by Gasteiger charge is 2.19. The summed E-state index contributed by atoms with van der Waals surface area (Å²) >= 11 is 7.28. The number of aliphatic hydroxyl groups excluding tert-OH is 1. The SMILES string of the molecule is Cc1nc(Cl)cc(SC(C)(C)CO)n1. The van der Waals surface area contributed by atoms with E-state index in [4.69, 9.17) is 16.7 Å². The summed E-state index contributed by atoms with van der Waals surface area (Å²) in [6.07, 6.45) is 0. The highest BCUT2D eigenvalue weighted by atomic mass is 35.5. The van der Waals surface area contributed by atoms with E-state index in [9.17, 15) is 0 Å². The number of halogens is 1. The molecule has 0 amide bonds. The van der Waals surface area contributed by atoms with Gasteiger partial charge >= 0.3 is 0 Å². The normalized spacial score (nSPS) is 11.8. The molecule has 0 aromatic carbocycles. The first kappa shape index (κ1) is 11.8. The molecule has 0 saturated heterocycles. The van der Waals surface area contributed by atoms with Gasteiger partial charge in [0.25, 0.3) is 0 Å². The van der Waals surface area contributed by atoms with Gasteiger partial charge in [0.1, 0.15) is 16.0 Å². The molecule has 3 nitrogen and oxygen atoms in total. The Kier molecular flexibility index (Phi) is 3.75. The van der Waals surface area contributed by atoms with Crippen LogP contribution in [0.4, 0.5) is 0 Å². The summed E-state index contributed by atoms with van der Waals surface area (Å²) in [4.78, 5) is 8.19. The molecule has 0 fully saturated rings. The van der Waals surface area contributed by atoms with E-state index in [1.54, 1.807) is 13.0 Å². The Bertz CT molecular complexity index is 310. The third-order valence-electron chi connectivity index (χ3n) is 1.54. The fraction of sp³-hybridized carbons (Fsp3) is 0.556. The van der Waals surface area contributed by atoms with Crippen LogP contribution < -0.4 is 0 Å². The zero-order valence-corrected chi connectivity index (χ0v) is 9.98. The number of nitrogens with zero attached hydrogens (tertiary/aromatic N) is 2. The molecule has 0 saturated carbocycles. The Morgan fingerprint density at radius 1 is 1.50 bits per heavy atom. The Morgan fingerprint density at radius 2 is 2.14 bits per heavy atom. The number of thioether (sulfide) groups is 1. The molecule has 1 rings (SSSR count). The van der Waals surface area contributed by atoms with Crippen LogP contribution in [0.5, 0.6) is 0 Å². The molecular weight excluding hydrogens is 220 g/mol. The lowest BCUT2D eigenvalue weighted by atomic mass is 10.2. The molecule has 5 heteroatoms. The third-order valence-corrected chi connectivity index (χ3v) is 2.84. The van der Waals surface area contributed by atoms with E-state index >= 15 is 0 Å². The smallest absolute Gasteiger partial charge is 0.133 e. The molecule has 78 valence electrons. The second-order valence-corrected chi connectivity index (χ2v) is 5.71. The molecule has 0 aliphatic carbocycles. The van der Waals surface area contributed by atoms with Crippen molar-refractivity contribution in [3.05, 3.63) is 17.0 Å². The van der Waals surface area contributed by atoms with Crippen LogP contribution in [-0.2, 0) is 0 Å². The molecule has 0 aliphatic rings. The number of rotatable bonds is 3. The maximum Gasteiger partial charge on any atom is 0.133 e. The van der Waals surface area contributed by atoms with E-state index < -0.39 is 0 Å². The lowest BCUT2D eigenvalue weighted by Crippen LogP contribution is -2.20. The predicted octanol–water partition coefficient (Wildman–Crippen LogP) is 2.30. The quantitative estimate of drug-likeness (QED) is 0.642. The van der Waals surface area contributed by atoms with E-state index in [-0.39, 0.29) is 11.4 Å². The van der Waals surface area contributed by atoms with Gasteiger partial charge in [-0.3, -0.25) is 0 Å². The van der Waals surface area contributed by atoms with Gasteiger partial charge in [0.05, 0.1) is 6.61 Å². The summed E-state index contributed by atoms with van der Waals surface area (Å²) < 4.78 is -0.246. The van der Waals surface area contributed by atoms with E-state index in [0.29, 0.717) is 11.0 Å². The van der Waals surface area contributed by atoms with Crippen LogP contribution in [-0.4, -0.2) is 26.4 Å². The number of hydrogen-bond donors (Lipinski definition) is 1. The molecule has 0 unspecified atom stereocenters. The topological polar surface area (TPSA) is 46.0 Å². The average molecular weight is 233 g/mol. The van der Waals surface area contributed by atoms with Gasteiger partial charge in [0.2, 0.25) is 0 Å². The molecule has 0 atom stereocenters. The van der Waals surface area contributed by atoms with E-state index in [0.717, 1.165) is 5.03 Å². The first-order chi connectivity index (χ1) is 6.43. The van der Waals surface area contributed by atoms with Crippen molar-refractivity contribution in [3.63, 3.8) is 0 Å². The van der Waals surface area contributed by atoms with Crippen molar-refractivity contribution in [1.82, 2.24) is 9.97 Å². The molecule has 1 N–H and O–H groups in total. The molecule has 1 heterocycles. The van der Waals surface area contributed by atoms with Crippen molar-refractivity contribution in [2.24, 2.45) is 0 Å². The van der Waals surface area contributed by atoms with Gasteiger partial charge in [-0.05, 0) is 20.8 Å². The zero-order chi connectivity index (χ0) is 10.8. The maximum atomic E-state index is 9.10. The Labute approximate surface area is 92.9 Å². The predicted molar refractivity (Wildman–Crippen MR) is 58.8 cm³/mol. The van der Waals surface area contributed by atoms with Gasteiger partial charge in [0.15, 0.2) is 0 Å². The van der Waals surface area contributed by atoms with Crippen molar-refractivity contribution in [1.29, 1.82) is 0 Å². The van der Waals surface area contributed by atoms with Crippen LogP contribution in [0.1, 0.15) is 19.7 Å². The van der Waals surface area contributed by atoms with Gasteiger partial charge in [-0.2, -0.15) is 0 Å². The number of aliphatic hydroxyl groups is 1. The second kappa shape index (κ2) is 4.47. The number of aryl methyl sites for hydroxylation is 1. The third kappa shape index (κ3) is 3.44. The average Bonchev–Trinajstić information content (AvgIpc) is 2.01. The highest BCUT2D eigenvalue weighted by molar-refractivity contribution is 8.00. The van der Waals surface area contributed by atoms with Crippen molar-refractivity contribution in [3.8, 4) is 0 Å². The van der Waals surface area contributed by atoms with Gasteiger partial charge in [-0.15, -0.1) is 0 Å². The van der Waals surface area contributed by atoms with E-state index in [1.165, 1.54) is 11.8 Å². The lowest BCUT2D eigenvalue weighted by Gasteiger charge is -2.20. The number of hydrogen-bond acceptors (Lipinski definition) is 4. The Balaban J connectivity index is 2.87. The zero-order valence-electron chi connectivity index (χ0n) is 8.41. The first-order valence-corrected chi connectivity index (χ1v) is 5.43. The van der Waals surface area contributed by atoms with Gasteiger partial charge in [0, 0.05) is 10.8 Å². The fourth-order valence-corrected chi connectivity index (χ4v) is 2.14. The molecule has 0 spiro atoms. The van der Waals surface area contributed by atoms with Crippen LogP contribution in [0.25, 0.3) is 0 Å². The Morgan fingerprint density at radius 3 is 2.64 bits per heavy atom. The van der Waals surface area contributed by atoms with Gasteiger partial charge < -0.3 is 5.11 Å². The van der Waals surface area contributed by atoms with Crippen LogP contribution in [0.15, 0.2) is 11.1 Å². The van der Waals surface area contributed by atoms with Crippen LogP contribution in [0, 0.1) is 6.92 Å². The van der Waals surface area contributed by atoms with Crippen molar-refractivity contribution in [2.45, 2.75) is 30.5 Å². The molecule has 1 aromatic rings. The van der Waals surface area contributed by atoms with Gasteiger partial charge in [-0.25, -0.2) is 9.97 Å². The minimum Gasteiger partial charge on any atom is -0.395 e. The molecule has 14 heavy (non-hydrogen) atoms. The summed E-state index contributed by atoms with van der Waals surface area (Å²) in [7, 11) is 0. The van der Waals surface area contributed by atoms with Gasteiger partial charge in [-0.1, -0.05) is 23.4 Å². The Hall–Kier alpha value is -0.320. The first-order valence-electron chi connectivity index (χ1n) is 4.24. The summed E-state index contributed by atoms with van der Waals surface area (Å²) in [6, 6.07) is 1.70. The van der Waals surface area contributed by atoms with Crippen molar-refractivity contribution in [2.75, 3.05) is 6.61 Å². The van der Waals surface area contributed by atoms with E-state index in [1.807, 2.05) is 13.8 Å². The van der Waals surface area contributed by atoms with E-state index in [2.05, 4.69) is 9.97 Å². The van der Waals surface area contributed by atoms with Crippen molar-refractivity contribution >= 4 is 23.4 Å². The molecule has 1 aromatic heterocycles. The van der Waals surface area contributed by atoms with Crippen LogP contribution in [0.2, 0.25) is 5.15 Å². The maximum absolute atomic E-state index is 9.10. The summed E-state index contributed by atoms with van der Waals surface area (Å²) in [6.45, 7) is 5.78. The monoisotopic (exact) mass is 232 g/mol. The van der Waals surface area contributed by atoms with Crippen LogP contribution >= 0.6 is 23.4 Å². The largest absolute Gasteiger partial charge is 0.395 e. The molecule has 0 bridgehead atoms. The standard InChI is InChI=1S/C9H13ClN2OS/c1-6-11-7(10)4-8(12-6)14-9(2,3)5-13/h4,13H,5H2,1-3H3. The molecule has 0 aliphatic heterocycles. The summed E-state index contributed by atoms with van der Waals surface area (Å²) in [5.74, 6) is 0.647. The lowest BCUT2D eigenvalue weighted by molar-refractivity contribution is 0.265. The second-order valence-electron chi connectivity index (χ2n) is 3.60. The molecular formula is C9H13ClN2OS. The minimum atomic E-state index is -0.246. The number of aromatic nitrogens is 2. The minimum absolute atomic E-state index is 0.0956. The molecule has 0 radical (unpaired) electrons. The fourth-order valence-electron chi connectivity index (χ4n) is 0.873. The van der Waals surface area contributed by atoms with Crippen LogP contribution in [0.3, 0.4) is 0 Å².